The molecule has 308 valence electrons. The number of amides is 3. The van der Waals surface area contributed by atoms with Crippen molar-refractivity contribution in [2.45, 2.75) is 69.1 Å². The summed E-state index contributed by atoms with van der Waals surface area (Å²) in [7, 11) is -0.845. The number of ether oxygens (including phenoxy) is 3. The summed E-state index contributed by atoms with van der Waals surface area (Å²) in [5.41, 5.74) is 2.71. The molecule has 0 bridgehead atoms. The van der Waals surface area contributed by atoms with Crippen LogP contribution in [0, 0.1) is 5.92 Å². The number of carbonyl (C=O) groups excluding carboxylic acids is 3. The predicted molar refractivity (Wildman–Crippen MR) is 237 cm³/mol. The van der Waals surface area contributed by atoms with Gasteiger partial charge in [-0.15, -0.1) is 0 Å². The molecule has 5 aromatic rings. The summed E-state index contributed by atoms with van der Waals surface area (Å²) >= 11 is 3.71. The third-order valence-corrected chi connectivity index (χ3v) is 18.1. The lowest BCUT2D eigenvalue weighted by atomic mass is 9.82. The fourth-order valence-electron chi connectivity index (χ4n) is 10.3. The molecule has 2 fully saturated rings. The minimum absolute atomic E-state index is 0.0530. The molecule has 0 unspecified atom stereocenters. The Morgan fingerprint density at radius 2 is 1.63 bits per heavy atom. The Morgan fingerprint density at radius 3 is 2.37 bits per heavy atom. The third-order valence-electron chi connectivity index (χ3n) is 13.3. The molecule has 5 atom stereocenters. The standard InChI is InChI=1S/C48H48BrN3O7Si/c1-30-45(60(3,4)36-22-20-35(57-2)21-23-36)43(27-44(54)50-25-9-10-34(50)29-53)59-48(30)38-26-32(49)17-24-39(38)51(47(48)56)28-31-15-18-33(19-16-31)52-40-12-6-8-14-42(40)58-41-13-7-5-11-37(41)46(52)55/h5-8,11-24,26,30,34,43,45,53H,9-10,25,27-29H2,1-4H3/t30-,34+,43+,45-,48+/m1/s1. The average molecular weight is 887 g/mol. The van der Waals surface area contributed by atoms with E-state index in [0.29, 0.717) is 35.0 Å². The molecule has 4 aliphatic rings. The van der Waals surface area contributed by atoms with Gasteiger partial charge in [-0.3, -0.25) is 19.3 Å². The van der Waals surface area contributed by atoms with Crippen LogP contribution in [0.2, 0.25) is 18.6 Å². The van der Waals surface area contributed by atoms with Gasteiger partial charge >= 0.3 is 0 Å². The fraction of sp³-hybridized carbons (Fsp3) is 0.312. The molecule has 2 saturated heterocycles. The van der Waals surface area contributed by atoms with Gasteiger partial charge in [0.15, 0.2) is 11.4 Å². The van der Waals surface area contributed by atoms with Crippen molar-refractivity contribution in [2.75, 3.05) is 30.1 Å². The van der Waals surface area contributed by atoms with E-state index >= 15 is 4.79 Å². The van der Waals surface area contributed by atoms with E-state index in [2.05, 4.69) is 48.1 Å². The smallest absolute Gasteiger partial charge is 0.266 e. The van der Waals surface area contributed by atoms with Crippen molar-refractivity contribution in [2.24, 2.45) is 5.92 Å². The van der Waals surface area contributed by atoms with E-state index in [1.54, 1.807) is 29.0 Å². The van der Waals surface area contributed by atoms with Crippen LogP contribution in [0.4, 0.5) is 17.1 Å². The van der Waals surface area contributed by atoms with E-state index in [1.807, 2.05) is 95.9 Å². The number of methoxy groups -OCH3 is 1. The highest BCUT2D eigenvalue weighted by Gasteiger charge is 2.66. The molecule has 4 aliphatic heterocycles. The van der Waals surface area contributed by atoms with Gasteiger partial charge in [-0.2, -0.15) is 0 Å². The van der Waals surface area contributed by atoms with Crippen LogP contribution in [0.15, 0.2) is 120 Å². The summed E-state index contributed by atoms with van der Waals surface area (Å²) in [6.45, 7) is 7.53. The van der Waals surface area contributed by atoms with Crippen molar-refractivity contribution >= 4 is 64.0 Å². The number of nitrogens with zero attached hydrogens (tertiary/aromatic N) is 3. The Balaban J connectivity index is 1.07. The van der Waals surface area contributed by atoms with Crippen LogP contribution in [0.5, 0.6) is 17.2 Å². The second kappa shape index (κ2) is 15.6. The maximum Gasteiger partial charge on any atom is 0.266 e. The lowest BCUT2D eigenvalue weighted by molar-refractivity contribution is -0.150. The Labute approximate surface area is 359 Å². The topological polar surface area (TPSA) is 109 Å². The maximum absolute atomic E-state index is 15.4. The second-order valence-electron chi connectivity index (χ2n) is 16.9. The molecule has 0 saturated carbocycles. The SMILES string of the molecule is COc1ccc([Si](C)(C)[C@H]2[C@H](CC(=O)N3CCC[C@H]3CO)O[C@@]3(C(=O)N(Cc4ccc(N5C(=O)c6ccccc6Oc6ccccc65)cc4)c4ccc(Br)cc43)[C@@H]2C)cc1. The Hall–Kier alpha value is -5.27. The molecular weight excluding hydrogens is 839 g/mol. The molecule has 10 nitrogen and oxygen atoms in total. The number of aliphatic hydroxyl groups is 1. The van der Waals surface area contributed by atoms with E-state index in [-0.39, 0.29) is 54.8 Å². The molecule has 0 aliphatic carbocycles. The van der Waals surface area contributed by atoms with Crippen LogP contribution >= 0.6 is 15.9 Å². The molecular formula is C48H48BrN3O7Si. The second-order valence-corrected chi connectivity index (χ2v) is 22.5. The highest BCUT2D eigenvalue weighted by atomic mass is 79.9. The monoisotopic (exact) mass is 885 g/mol. The molecule has 1 N–H and O–H groups in total. The van der Waals surface area contributed by atoms with Crippen molar-refractivity contribution < 1.29 is 33.7 Å². The van der Waals surface area contributed by atoms with Gasteiger partial charge in [-0.25, -0.2) is 0 Å². The first-order valence-electron chi connectivity index (χ1n) is 20.6. The summed E-state index contributed by atoms with van der Waals surface area (Å²) < 4.78 is 19.8. The molecule has 4 heterocycles. The number of likely N-dealkylation sites (tertiary alicyclic amines) is 1. The van der Waals surface area contributed by atoms with Crippen LogP contribution in [0.1, 0.15) is 47.7 Å². The molecule has 1 spiro atoms. The van der Waals surface area contributed by atoms with Gasteiger partial charge in [0.05, 0.1) is 63.8 Å². The zero-order valence-electron chi connectivity index (χ0n) is 34.1. The molecule has 60 heavy (non-hydrogen) atoms. The highest BCUT2D eigenvalue weighted by Crippen LogP contribution is 2.60. The van der Waals surface area contributed by atoms with Gasteiger partial charge < -0.3 is 29.1 Å². The lowest BCUT2D eigenvalue weighted by Crippen LogP contribution is -2.52. The van der Waals surface area contributed by atoms with Gasteiger partial charge in [-0.1, -0.05) is 89.7 Å². The molecule has 0 radical (unpaired) electrons. The number of para-hydroxylation sites is 3. The van der Waals surface area contributed by atoms with Crippen LogP contribution in [0.25, 0.3) is 0 Å². The first-order chi connectivity index (χ1) is 29.0. The number of hydrogen-bond donors (Lipinski definition) is 1. The van der Waals surface area contributed by atoms with E-state index in [4.69, 9.17) is 14.2 Å². The summed E-state index contributed by atoms with van der Waals surface area (Å²) in [5, 5.41) is 11.3. The first-order valence-corrected chi connectivity index (χ1v) is 24.5. The molecule has 0 aromatic heterocycles. The Morgan fingerprint density at radius 1 is 0.917 bits per heavy atom. The average Bonchev–Trinajstić information content (AvgIpc) is 3.89. The minimum Gasteiger partial charge on any atom is -0.497 e. The molecule has 12 heteroatoms. The van der Waals surface area contributed by atoms with Crippen molar-refractivity contribution in [3.05, 3.63) is 136 Å². The lowest BCUT2D eigenvalue weighted by Gasteiger charge is -2.37. The van der Waals surface area contributed by atoms with Crippen molar-refractivity contribution in [3.63, 3.8) is 0 Å². The molecule has 9 rings (SSSR count). The quantitative estimate of drug-likeness (QED) is 0.148. The maximum atomic E-state index is 15.4. The number of halogens is 1. The number of fused-ring (bicyclic) bond motifs is 4. The fourth-order valence-corrected chi connectivity index (χ4v) is 14.7. The predicted octanol–water partition coefficient (Wildman–Crippen LogP) is 8.68. The van der Waals surface area contributed by atoms with Crippen molar-refractivity contribution in [1.82, 2.24) is 4.90 Å². The number of benzene rings is 5. The summed E-state index contributed by atoms with van der Waals surface area (Å²) in [4.78, 5) is 49.0. The normalized spacial score (nSPS) is 23.3. The summed E-state index contributed by atoms with van der Waals surface area (Å²) in [6, 6.07) is 36.3. The number of carbonyl (C=O) groups is 3. The van der Waals surface area contributed by atoms with Crippen LogP contribution in [0.3, 0.4) is 0 Å². The largest absolute Gasteiger partial charge is 0.497 e. The molecule has 3 amide bonds. The van der Waals surface area contributed by atoms with Crippen LogP contribution in [-0.4, -0.2) is 68.2 Å². The van der Waals surface area contributed by atoms with Crippen LogP contribution < -0.4 is 24.5 Å². The van der Waals surface area contributed by atoms with E-state index < -0.39 is 19.8 Å². The molecule has 5 aromatic carbocycles. The minimum atomic E-state index is -2.50. The van der Waals surface area contributed by atoms with E-state index in [0.717, 1.165) is 39.9 Å². The number of hydrogen-bond acceptors (Lipinski definition) is 7. The van der Waals surface area contributed by atoms with Gasteiger partial charge in [0.2, 0.25) is 5.91 Å². The zero-order chi connectivity index (χ0) is 41.9. The van der Waals surface area contributed by atoms with Crippen LogP contribution in [-0.2, 0) is 26.5 Å². The van der Waals surface area contributed by atoms with Gasteiger partial charge in [0.25, 0.3) is 11.8 Å². The summed E-state index contributed by atoms with van der Waals surface area (Å²) in [6.07, 6.45) is 1.18. The Bertz CT molecular complexity index is 2480. The van der Waals surface area contributed by atoms with Gasteiger partial charge in [-0.05, 0) is 90.7 Å². The van der Waals surface area contributed by atoms with E-state index in [1.165, 1.54) is 5.19 Å². The van der Waals surface area contributed by atoms with Gasteiger partial charge in [0, 0.05) is 28.2 Å². The third kappa shape index (κ3) is 6.55. The Kier molecular flexibility index (Phi) is 10.5. The summed E-state index contributed by atoms with van der Waals surface area (Å²) in [5.74, 6) is 1.13. The highest BCUT2D eigenvalue weighted by molar-refractivity contribution is 9.10. The first kappa shape index (κ1) is 40.1. The van der Waals surface area contributed by atoms with E-state index in [9.17, 15) is 14.7 Å². The van der Waals surface area contributed by atoms with Crippen molar-refractivity contribution in [1.29, 1.82) is 0 Å². The van der Waals surface area contributed by atoms with Crippen molar-refractivity contribution in [3.8, 4) is 17.2 Å². The number of aliphatic hydroxyl groups excluding tert-OH is 1. The zero-order valence-corrected chi connectivity index (χ0v) is 36.7. The van der Waals surface area contributed by atoms with Gasteiger partial charge in [0.1, 0.15) is 11.5 Å². The number of rotatable bonds is 9. The number of anilines is 3.